The molecular formula is C16H21Cl2NO3. The number of carbonyl (C=O) groups excluding carboxylic acids is 2. The molecule has 0 saturated carbocycles. The van der Waals surface area contributed by atoms with Crippen molar-refractivity contribution in [3.05, 3.63) is 33.8 Å². The summed E-state index contributed by atoms with van der Waals surface area (Å²) in [5, 5.41) is 3.58. The molecule has 6 heteroatoms. The van der Waals surface area contributed by atoms with Crippen LogP contribution in [0, 0.1) is 5.92 Å². The molecule has 4 nitrogen and oxygen atoms in total. The van der Waals surface area contributed by atoms with Gasteiger partial charge in [0.2, 0.25) is 5.91 Å². The predicted octanol–water partition coefficient (Wildman–Crippen LogP) is 3.63. The summed E-state index contributed by atoms with van der Waals surface area (Å²) in [5.41, 5.74) is 0.551. The van der Waals surface area contributed by atoms with Crippen molar-refractivity contribution >= 4 is 35.1 Å². The fraction of sp³-hybridized carbons (Fsp3) is 0.500. The topological polar surface area (TPSA) is 55.4 Å². The summed E-state index contributed by atoms with van der Waals surface area (Å²) in [5.74, 6) is -0.756. The summed E-state index contributed by atoms with van der Waals surface area (Å²) < 4.78 is 5.02. The second kappa shape index (κ2) is 9.01. The molecular weight excluding hydrogens is 325 g/mol. The Morgan fingerprint density at radius 1 is 1.23 bits per heavy atom. The third kappa shape index (κ3) is 5.18. The molecule has 1 amide bonds. The number of ether oxygens (including phenoxy) is 1. The monoisotopic (exact) mass is 345 g/mol. The van der Waals surface area contributed by atoms with E-state index >= 15 is 0 Å². The number of rotatable bonds is 7. The fourth-order valence-electron chi connectivity index (χ4n) is 1.99. The number of nitrogens with one attached hydrogen (secondary N) is 1. The number of carbonyl (C=O) groups is 2. The van der Waals surface area contributed by atoms with Gasteiger partial charge in [0, 0.05) is 10.0 Å². The molecule has 0 aliphatic rings. The minimum absolute atomic E-state index is 0.0187. The van der Waals surface area contributed by atoms with E-state index in [9.17, 15) is 9.59 Å². The molecule has 0 fully saturated rings. The van der Waals surface area contributed by atoms with Crippen LogP contribution in [0.3, 0.4) is 0 Å². The van der Waals surface area contributed by atoms with Crippen LogP contribution >= 0.6 is 23.2 Å². The molecule has 0 aliphatic carbocycles. The molecule has 22 heavy (non-hydrogen) atoms. The van der Waals surface area contributed by atoms with Crippen LogP contribution in [0.25, 0.3) is 0 Å². The third-order valence-corrected chi connectivity index (χ3v) is 4.18. The Kier molecular flexibility index (Phi) is 7.69. The number of halogens is 2. The maximum atomic E-state index is 12.2. The summed E-state index contributed by atoms with van der Waals surface area (Å²) in [7, 11) is 0. The van der Waals surface area contributed by atoms with E-state index in [1.807, 2.05) is 13.8 Å². The molecule has 2 unspecified atom stereocenters. The zero-order valence-corrected chi connectivity index (χ0v) is 14.5. The van der Waals surface area contributed by atoms with Crippen molar-refractivity contribution in [2.24, 2.45) is 5.92 Å². The average Bonchev–Trinajstić information content (AvgIpc) is 2.48. The maximum Gasteiger partial charge on any atom is 0.328 e. The van der Waals surface area contributed by atoms with Crippen LogP contribution in [-0.2, 0) is 20.7 Å². The fourth-order valence-corrected chi connectivity index (χ4v) is 2.52. The maximum absolute atomic E-state index is 12.2. The van der Waals surface area contributed by atoms with Gasteiger partial charge in [-0.2, -0.15) is 0 Å². The van der Waals surface area contributed by atoms with Gasteiger partial charge in [-0.1, -0.05) is 49.5 Å². The molecule has 2 atom stereocenters. The molecule has 0 spiro atoms. The lowest BCUT2D eigenvalue weighted by molar-refractivity contribution is -0.148. The predicted molar refractivity (Wildman–Crippen MR) is 88.2 cm³/mol. The summed E-state index contributed by atoms with van der Waals surface area (Å²) in [4.78, 5) is 24.2. The molecule has 0 saturated heterocycles. The molecule has 1 aromatic rings. The van der Waals surface area contributed by atoms with Gasteiger partial charge in [-0.05, 0) is 30.5 Å². The highest BCUT2D eigenvalue weighted by Crippen LogP contribution is 2.24. The first kappa shape index (κ1) is 18.8. The Bertz CT molecular complexity index is 514. The Balaban J connectivity index is 2.81. The van der Waals surface area contributed by atoms with Crippen molar-refractivity contribution in [1.29, 1.82) is 0 Å². The van der Waals surface area contributed by atoms with Gasteiger partial charge >= 0.3 is 5.97 Å². The van der Waals surface area contributed by atoms with Crippen molar-refractivity contribution in [3.8, 4) is 0 Å². The molecule has 1 N–H and O–H groups in total. The highest BCUT2D eigenvalue weighted by atomic mass is 35.5. The lowest BCUT2D eigenvalue weighted by Gasteiger charge is -2.22. The van der Waals surface area contributed by atoms with Crippen LogP contribution in [-0.4, -0.2) is 24.5 Å². The van der Waals surface area contributed by atoms with E-state index in [1.165, 1.54) is 0 Å². The van der Waals surface area contributed by atoms with Gasteiger partial charge in [-0.15, -0.1) is 0 Å². The van der Waals surface area contributed by atoms with Gasteiger partial charge in [-0.25, -0.2) is 4.79 Å². The van der Waals surface area contributed by atoms with Crippen LogP contribution in [0.4, 0.5) is 0 Å². The van der Waals surface area contributed by atoms with Gasteiger partial charge in [0.15, 0.2) is 0 Å². The minimum Gasteiger partial charge on any atom is -0.464 e. The van der Waals surface area contributed by atoms with Gasteiger partial charge < -0.3 is 10.1 Å². The van der Waals surface area contributed by atoms with E-state index in [0.717, 1.165) is 6.42 Å². The zero-order valence-electron chi connectivity index (χ0n) is 13.0. The van der Waals surface area contributed by atoms with E-state index in [1.54, 1.807) is 25.1 Å². The number of esters is 1. The summed E-state index contributed by atoms with van der Waals surface area (Å²) in [6, 6.07) is 4.40. The Labute approximate surface area is 141 Å². The number of hydrogen-bond acceptors (Lipinski definition) is 3. The summed E-state index contributed by atoms with van der Waals surface area (Å²) >= 11 is 12.1. The largest absolute Gasteiger partial charge is 0.464 e. The van der Waals surface area contributed by atoms with Crippen molar-refractivity contribution in [1.82, 2.24) is 5.32 Å². The molecule has 0 heterocycles. The first-order valence-corrected chi connectivity index (χ1v) is 8.05. The smallest absolute Gasteiger partial charge is 0.328 e. The molecule has 1 rings (SSSR count). The average molecular weight is 346 g/mol. The number of hydrogen-bond donors (Lipinski definition) is 1. The first-order valence-electron chi connectivity index (χ1n) is 7.29. The molecule has 0 bridgehead atoms. The lowest BCUT2D eigenvalue weighted by atomic mass is 9.99. The van der Waals surface area contributed by atoms with Crippen molar-refractivity contribution in [2.45, 2.75) is 39.7 Å². The van der Waals surface area contributed by atoms with Gasteiger partial charge in [0.05, 0.1) is 13.0 Å². The van der Waals surface area contributed by atoms with Crippen LogP contribution in [0.2, 0.25) is 10.0 Å². The van der Waals surface area contributed by atoms with Crippen molar-refractivity contribution < 1.29 is 14.3 Å². The van der Waals surface area contributed by atoms with Gasteiger partial charge in [0.25, 0.3) is 0 Å². The van der Waals surface area contributed by atoms with Crippen LogP contribution in [0.15, 0.2) is 18.2 Å². The number of amides is 1. The van der Waals surface area contributed by atoms with Gasteiger partial charge in [-0.3, -0.25) is 4.79 Å². The molecule has 122 valence electrons. The van der Waals surface area contributed by atoms with E-state index in [-0.39, 0.29) is 24.9 Å². The van der Waals surface area contributed by atoms with Crippen LogP contribution in [0.1, 0.15) is 32.8 Å². The molecule has 0 aromatic heterocycles. The standard InChI is InChI=1S/C16H21Cl2NO3/c1-4-10(3)15(16(21)22-5-2)19-14(20)9-11-12(17)7-6-8-13(11)18/h6-8,10,15H,4-5,9H2,1-3H3,(H,19,20). The first-order chi connectivity index (χ1) is 10.4. The van der Waals surface area contributed by atoms with E-state index in [0.29, 0.717) is 15.6 Å². The zero-order chi connectivity index (χ0) is 16.7. The normalized spacial score (nSPS) is 13.3. The van der Waals surface area contributed by atoms with Crippen molar-refractivity contribution in [2.75, 3.05) is 6.61 Å². The van der Waals surface area contributed by atoms with Crippen LogP contribution < -0.4 is 5.32 Å². The Morgan fingerprint density at radius 2 is 1.82 bits per heavy atom. The highest BCUT2D eigenvalue weighted by molar-refractivity contribution is 6.36. The Morgan fingerprint density at radius 3 is 2.32 bits per heavy atom. The van der Waals surface area contributed by atoms with Crippen LogP contribution in [0.5, 0.6) is 0 Å². The minimum atomic E-state index is -0.668. The molecule has 0 radical (unpaired) electrons. The second-order valence-electron chi connectivity index (χ2n) is 5.06. The second-order valence-corrected chi connectivity index (χ2v) is 5.87. The van der Waals surface area contributed by atoms with E-state index in [2.05, 4.69) is 5.32 Å². The Hall–Kier alpha value is -1.26. The van der Waals surface area contributed by atoms with E-state index in [4.69, 9.17) is 27.9 Å². The van der Waals surface area contributed by atoms with Crippen molar-refractivity contribution in [3.63, 3.8) is 0 Å². The summed E-state index contributed by atoms with van der Waals surface area (Å²) in [6.07, 6.45) is 0.765. The van der Waals surface area contributed by atoms with Gasteiger partial charge in [0.1, 0.15) is 6.04 Å². The highest BCUT2D eigenvalue weighted by Gasteiger charge is 2.27. The summed E-state index contributed by atoms with van der Waals surface area (Å²) in [6.45, 7) is 5.85. The quantitative estimate of drug-likeness (QED) is 0.767. The molecule has 1 aromatic carbocycles. The third-order valence-electron chi connectivity index (χ3n) is 3.47. The molecule has 0 aliphatic heterocycles. The lowest BCUT2D eigenvalue weighted by Crippen LogP contribution is -2.46. The SMILES string of the molecule is CCOC(=O)C(NC(=O)Cc1c(Cl)cccc1Cl)C(C)CC. The number of benzene rings is 1. The van der Waals surface area contributed by atoms with E-state index < -0.39 is 12.0 Å².